The summed E-state index contributed by atoms with van der Waals surface area (Å²) in [6.45, 7) is 0. The van der Waals surface area contributed by atoms with E-state index in [4.69, 9.17) is 16.7 Å². The standard InChI is InChI=1S/C8H5BrClFO2/c9-8-4(2-7(12)13)1-5(11)3-6(8)10/h1,3H,2H2,(H,12,13). The molecule has 70 valence electrons. The number of aliphatic carboxylic acids is 1. The highest BCUT2D eigenvalue weighted by Crippen LogP contribution is 2.27. The number of carboxylic acids is 1. The molecule has 0 saturated carbocycles. The van der Waals surface area contributed by atoms with Crippen LogP contribution in [-0.4, -0.2) is 11.1 Å². The first-order chi connectivity index (χ1) is 6.00. The molecule has 1 rings (SSSR count). The summed E-state index contributed by atoms with van der Waals surface area (Å²) >= 11 is 8.70. The van der Waals surface area contributed by atoms with Gasteiger partial charge in [-0.15, -0.1) is 0 Å². The minimum absolute atomic E-state index is 0.177. The highest BCUT2D eigenvalue weighted by Gasteiger charge is 2.10. The molecule has 0 aliphatic rings. The van der Waals surface area contributed by atoms with Crippen molar-refractivity contribution in [2.45, 2.75) is 6.42 Å². The lowest BCUT2D eigenvalue weighted by Gasteiger charge is -2.03. The van der Waals surface area contributed by atoms with Crippen LogP contribution in [0.25, 0.3) is 0 Å². The molecule has 0 aliphatic carbocycles. The molecule has 0 spiro atoms. The molecule has 0 unspecified atom stereocenters. The average molecular weight is 267 g/mol. The molecule has 13 heavy (non-hydrogen) atoms. The molecule has 0 heterocycles. The van der Waals surface area contributed by atoms with Crippen LogP contribution in [0.5, 0.6) is 0 Å². The van der Waals surface area contributed by atoms with E-state index in [9.17, 15) is 9.18 Å². The Labute approximate surface area is 87.5 Å². The fourth-order valence-corrected chi connectivity index (χ4v) is 1.50. The van der Waals surface area contributed by atoms with Gasteiger partial charge in [0.1, 0.15) is 5.82 Å². The fraction of sp³-hybridized carbons (Fsp3) is 0.125. The van der Waals surface area contributed by atoms with Crippen molar-refractivity contribution in [2.75, 3.05) is 0 Å². The summed E-state index contributed by atoms with van der Waals surface area (Å²) in [5.41, 5.74) is 0.331. The van der Waals surface area contributed by atoms with Gasteiger partial charge in [-0.25, -0.2) is 4.39 Å². The Balaban J connectivity index is 3.12. The Morgan fingerprint density at radius 1 is 1.62 bits per heavy atom. The third-order valence-corrected chi connectivity index (χ3v) is 2.87. The number of hydrogen-bond donors (Lipinski definition) is 1. The van der Waals surface area contributed by atoms with Crippen LogP contribution in [-0.2, 0) is 11.2 Å². The van der Waals surface area contributed by atoms with Gasteiger partial charge in [0.05, 0.1) is 11.4 Å². The van der Waals surface area contributed by atoms with Crippen molar-refractivity contribution in [3.63, 3.8) is 0 Å². The number of carbonyl (C=O) groups is 1. The molecule has 0 bridgehead atoms. The molecular formula is C8H5BrClFO2. The molecule has 1 N–H and O–H groups in total. The van der Waals surface area contributed by atoms with Crippen LogP contribution in [0.4, 0.5) is 4.39 Å². The van der Waals surface area contributed by atoms with Gasteiger partial charge in [0.25, 0.3) is 0 Å². The van der Waals surface area contributed by atoms with Crippen LogP contribution in [0.15, 0.2) is 16.6 Å². The monoisotopic (exact) mass is 266 g/mol. The van der Waals surface area contributed by atoms with Crippen LogP contribution < -0.4 is 0 Å². The molecule has 5 heteroatoms. The lowest BCUT2D eigenvalue weighted by molar-refractivity contribution is -0.136. The largest absolute Gasteiger partial charge is 0.481 e. The van der Waals surface area contributed by atoms with Crippen molar-refractivity contribution in [2.24, 2.45) is 0 Å². The second-order valence-corrected chi connectivity index (χ2v) is 3.63. The molecule has 1 aromatic rings. The number of benzene rings is 1. The maximum absolute atomic E-state index is 12.8. The van der Waals surface area contributed by atoms with Gasteiger partial charge in [0.15, 0.2) is 0 Å². The van der Waals surface area contributed by atoms with Crippen molar-refractivity contribution in [3.8, 4) is 0 Å². The molecule has 0 aromatic heterocycles. The molecule has 0 saturated heterocycles. The van der Waals surface area contributed by atoms with E-state index in [-0.39, 0.29) is 11.4 Å². The predicted molar refractivity (Wildman–Crippen MR) is 50.4 cm³/mol. The Hall–Kier alpha value is -0.610. The molecule has 2 nitrogen and oxygen atoms in total. The van der Waals surface area contributed by atoms with Crippen LogP contribution in [0.1, 0.15) is 5.56 Å². The van der Waals surface area contributed by atoms with Gasteiger partial charge in [-0.3, -0.25) is 4.79 Å². The quantitative estimate of drug-likeness (QED) is 0.837. The summed E-state index contributed by atoms with van der Waals surface area (Å²) in [4.78, 5) is 10.4. The van der Waals surface area contributed by atoms with Crippen LogP contribution in [0.3, 0.4) is 0 Å². The van der Waals surface area contributed by atoms with Gasteiger partial charge in [-0.1, -0.05) is 11.6 Å². The smallest absolute Gasteiger partial charge is 0.307 e. The maximum atomic E-state index is 12.8. The lowest BCUT2D eigenvalue weighted by Crippen LogP contribution is -2.01. The number of carboxylic acid groups (broad SMARTS) is 1. The Morgan fingerprint density at radius 3 is 2.77 bits per heavy atom. The third-order valence-electron chi connectivity index (χ3n) is 1.41. The van der Waals surface area contributed by atoms with Gasteiger partial charge in [0.2, 0.25) is 0 Å². The molecule has 0 amide bonds. The average Bonchev–Trinajstić information content (AvgIpc) is 1.98. The van der Waals surface area contributed by atoms with E-state index >= 15 is 0 Å². The topological polar surface area (TPSA) is 37.3 Å². The predicted octanol–water partition coefficient (Wildman–Crippen LogP) is 2.87. The number of rotatable bonds is 2. The SMILES string of the molecule is O=C(O)Cc1cc(F)cc(Cl)c1Br. The van der Waals surface area contributed by atoms with Crippen LogP contribution >= 0.6 is 27.5 Å². The van der Waals surface area contributed by atoms with E-state index in [0.717, 1.165) is 12.1 Å². The summed E-state index contributed by atoms with van der Waals surface area (Å²) in [7, 11) is 0. The first-order valence-corrected chi connectivity index (χ1v) is 4.53. The molecular weight excluding hydrogens is 262 g/mol. The minimum atomic E-state index is -1.03. The van der Waals surface area contributed by atoms with E-state index in [1.54, 1.807) is 0 Å². The zero-order valence-electron chi connectivity index (χ0n) is 6.35. The van der Waals surface area contributed by atoms with E-state index in [2.05, 4.69) is 15.9 Å². The van der Waals surface area contributed by atoms with E-state index in [1.165, 1.54) is 0 Å². The van der Waals surface area contributed by atoms with Gasteiger partial charge in [0, 0.05) is 4.47 Å². The maximum Gasteiger partial charge on any atom is 0.307 e. The van der Waals surface area contributed by atoms with E-state index in [1.807, 2.05) is 0 Å². The van der Waals surface area contributed by atoms with Gasteiger partial charge in [-0.05, 0) is 33.6 Å². The summed E-state index contributed by atoms with van der Waals surface area (Å²) in [5, 5.41) is 8.66. The van der Waals surface area contributed by atoms with Gasteiger partial charge in [-0.2, -0.15) is 0 Å². The molecule has 0 atom stereocenters. The first kappa shape index (κ1) is 10.5. The summed E-state index contributed by atoms with van der Waals surface area (Å²) in [6.07, 6.45) is -0.252. The number of hydrogen-bond acceptors (Lipinski definition) is 1. The van der Waals surface area contributed by atoms with E-state index in [0.29, 0.717) is 10.0 Å². The van der Waals surface area contributed by atoms with Crippen molar-refractivity contribution in [1.82, 2.24) is 0 Å². The van der Waals surface area contributed by atoms with Crippen molar-refractivity contribution in [3.05, 3.63) is 33.0 Å². The Kier molecular flexibility index (Phi) is 3.27. The molecule has 0 fully saturated rings. The van der Waals surface area contributed by atoms with E-state index < -0.39 is 11.8 Å². The van der Waals surface area contributed by atoms with Crippen LogP contribution in [0.2, 0.25) is 5.02 Å². The van der Waals surface area contributed by atoms with Crippen LogP contribution in [0, 0.1) is 5.82 Å². The van der Waals surface area contributed by atoms with Gasteiger partial charge < -0.3 is 5.11 Å². The number of halogens is 3. The highest BCUT2D eigenvalue weighted by molar-refractivity contribution is 9.10. The Morgan fingerprint density at radius 2 is 2.23 bits per heavy atom. The van der Waals surface area contributed by atoms with Crippen molar-refractivity contribution < 1.29 is 14.3 Å². The second-order valence-electron chi connectivity index (χ2n) is 2.43. The van der Waals surface area contributed by atoms with Crippen molar-refractivity contribution >= 4 is 33.5 Å². The summed E-state index contributed by atoms with van der Waals surface area (Å²) in [5.74, 6) is -1.56. The Bertz CT molecular complexity index is 354. The molecule has 1 aromatic carbocycles. The van der Waals surface area contributed by atoms with Crippen molar-refractivity contribution in [1.29, 1.82) is 0 Å². The zero-order chi connectivity index (χ0) is 10.0. The minimum Gasteiger partial charge on any atom is -0.481 e. The first-order valence-electron chi connectivity index (χ1n) is 3.36. The summed E-state index contributed by atoms with van der Waals surface area (Å²) in [6, 6.07) is 2.26. The second kappa shape index (κ2) is 4.07. The highest BCUT2D eigenvalue weighted by atomic mass is 79.9. The zero-order valence-corrected chi connectivity index (χ0v) is 8.69. The van der Waals surface area contributed by atoms with Gasteiger partial charge >= 0.3 is 5.97 Å². The normalized spacial score (nSPS) is 10.1. The molecule has 0 radical (unpaired) electrons. The summed E-state index contributed by atoms with van der Waals surface area (Å²) < 4.78 is 13.2. The lowest BCUT2D eigenvalue weighted by atomic mass is 10.1. The third kappa shape index (κ3) is 2.67. The molecule has 0 aliphatic heterocycles. The fourth-order valence-electron chi connectivity index (χ4n) is 0.901.